The minimum atomic E-state index is -1.57. The first-order valence-electron chi connectivity index (χ1n) is 29.2. The summed E-state index contributed by atoms with van der Waals surface area (Å²) in [6.07, 6.45) is 62.6. The molecule has 1 heterocycles. The first-order valence-corrected chi connectivity index (χ1v) is 29.2. The highest BCUT2D eigenvalue weighted by Crippen LogP contribution is 2.23. The van der Waals surface area contributed by atoms with E-state index in [4.69, 9.17) is 9.47 Å². The molecule has 0 aliphatic carbocycles. The molecule has 1 aliphatic heterocycles. The van der Waals surface area contributed by atoms with Crippen LogP contribution in [0.5, 0.6) is 0 Å². The number of aliphatic hydroxyl groups excluding tert-OH is 5. The maximum Gasteiger partial charge on any atom is 0.220 e. The average molecular weight is 985 g/mol. The first-order chi connectivity index (χ1) is 34.3. The van der Waals surface area contributed by atoms with Crippen LogP contribution in [0.4, 0.5) is 0 Å². The van der Waals surface area contributed by atoms with Crippen molar-refractivity contribution in [3.63, 3.8) is 0 Å². The second kappa shape index (κ2) is 50.2. The molecule has 406 valence electrons. The van der Waals surface area contributed by atoms with Gasteiger partial charge in [0.05, 0.1) is 25.4 Å². The van der Waals surface area contributed by atoms with E-state index < -0.39 is 49.5 Å². The second-order valence-corrected chi connectivity index (χ2v) is 20.0. The van der Waals surface area contributed by atoms with Crippen LogP contribution < -0.4 is 5.32 Å². The predicted molar refractivity (Wildman–Crippen MR) is 295 cm³/mol. The molecule has 7 unspecified atom stereocenters. The predicted octanol–water partition coefficient (Wildman–Crippen LogP) is 14.5. The fourth-order valence-corrected chi connectivity index (χ4v) is 8.93. The Labute approximate surface area is 429 Å². The van der Waals surface area contributed by atoms with Crippen molar-refractivity contribution in [1.82, 2.24) is 5.32 Å². The number of hydrogen-bond acceptors (Lipinski definition) is 8. The number of ether oxygens (including phenoxy) is 2. The highest BCUT2D eigenvalue weighted by molar-refractivity contribution is 5.76. The van der Waals surface area contributed by atoms with Crippen LogP contribution in [-0.4, -0.2) is 87.5 Å². The highest BCUT2D eigenvalue weighted by atomic mass is 16.7. The number of nitrogens with one attached hydrogen (secondary N) is 1. The zero-order chi connectivity index (χ0) is 50.8. The minimum absolute atomic E-state index is 0.186. The number of aliphatic hydroxyl groups is 5. The van der Waals surface area contributed by atoms with Crippen molar-refractivity contribution in [1.29, 1.82) is 0 Å². The van der Waals surface area contributed by atoms with Gasteiger partial charge in [0.1, 0.15) is 24.4 Å². The summed E-state index contributed by atoms with van der Waals surface area (Å²) in [7, 11) is 0. The van der Waals surface area contributed by atoms with Gasteiger partial charge in [0.25, 0.3) is 0 Å². The smallest absolute Gasteiger partial charge is 0.220 e. The van der Waals surface area contributed by atoms with Gasteiger partial charge in [-0.15, -0.1) is 0 Å². The lowest BCUT2D eigenvalue weighted by atomic mass is 9.99. The molecule has 1 aliphatic rings. The van der Waals surface area contributed by atoms with Crippen LogP contribution in [0.2, 0.25) is 0 Å². The number of allylic oxidation sites excluding steroid dienone is 11. The molecule has 9 nitrogen and oxygen atoms in total. The van der Waals surface area contributed by atoms with E-state index in [0.29, 0.717) is 6.42 Å². The van der Waals surface area contributed by atoms with E-state index in [9.17, 15) is 30.3 Å². The van der Waals surface area contributed by atoms with Crippen molar-refractivity contribution >= 4 is 5.91 Å². The molecule has 0 aromatic rings. The molecule has 0 bridgehead atoms. The molecule has 7 atom stereocenters. The Morgan fingerprint density at radius 3 is 1.37 bits per heavy atom. The standard InChI is InChI=1S/C61H109NO8/c1-3-5-7-9-11-13-15-17-19-21-22-23-24-25-26-27-28-29-30-31-32-33-34-35-37-39-41-43-45-47-49-51-57(65)62-54(53-69-61-60(68)59(67)58(66)56(52-63)70-61)55(64)50-48-46-44-42-40-38-36-20-18-16-14-12-10-8-6-4-2/h5,7,11,13,17,19,22-23,40,42,48,50,54-56,58-61,63-64,66-68H,3-4,6,8-10,12,14-16,18,20-21,24-39,41,43-47,49,51-53H2,1-2H3,(H,62,65)/b7-5-,13-11-,19-17-,23-22-,42-40+,50-48+. The third-order valence-electron chi connectivity index (χ3n) is 13.5. The summed E-state index contributed by atoms with van der Waals surface area (Å²) in [5, 5.41) is 54.4. The van der Waals surface area contributed by atoms with E-state index >= 15 is 0 Å². The monoisotopic (exact) mass is 984 g/mol. The second-order valence-electron chi connectivity index (χ2n) is 20.0. The van der Waals surface area contributed by atoms with Gasteiger partial charge < -0.3 is 40.3 Å². The van der Waals surface area contributed by atoms with Crippen LogP contribution in [0.1, 0.15) is 251 Å². The summed E-state index contributed by atoms with van der Waals surface area (Å²) in [6.45, 7) is 3.66. The Balaban J connectivity index is 2.17. The lowest BCUT2D eigenvalue weighted by Crippen LogP contribution is -2.60. The van der Waals surface area contributed by atoms with Gasteiger partial charge in [-0.1, -0.05) is 247 Å². The Morgan fingerprint density at radius 2 is 0.900 bits per heavy atom. The first kappa shape index (κ1) is 65.6. The Hall–Kier alpha value is -2.37. The minimum Gasteiger partial charge on any atom is -0.394 e. The average Bonchev–Trinajstić information content (AvgIpc) is 3.36. The lowest BCUT2D eigenvalue weighted by molar-refractivity contribution is -0.302. The SMILES string of the molecule is CC/C=C\C/C=C\C/C=C\C/C=C\CCCCCCCCCCCCCCCCCCCCC(=O)NC(COC1OC(CO)C(O)C(O)C1O)C(O)/C=C/CC/C=C/CCCCCCCCCCCC. The molecule has 1 rings (SSSR count). The normalized spacial score (nSPS) is 19.9. The third-order valence-corrected chi connectivity index (χ3v) is 13.5. The van der Waals surface area contributed by atoms with Gasteiger partial charge in [-0.2, -0.15) is 0 Å². The fourth-order valence-electron chi connectivity index (χ4n) is 8.93. The molecular weight excluding hydrogens is 875 g/mol. The molecule has 0 radical (unpaired) electrons. The quantitative estimate of drug-likeness (QED) is 0.0261. The zero-order valence-corrected chi connectivity index (χ0v) is 45.0. The number of carbonyl (C=O) groups excluding carboxylic acids is 1. The van der Waals surface area contributed by atoms with Gasteiger partial charge in [0, 0.05) is 6.42 Å². The number of amides is 1. The summed E-state index contributed by atoms with van der Waals surface area (Å²) in [6, 6.07) is -0.823. The van der Waals surface area contributed by atoms with Gasteiger partial charge in [-0.3, -0.25) is 4.79 Å². The van der Waals surface area contributed by atoms with E-state index in [1.807, 2.05) is 6.08 Å². The van der Waals surface area contributed by atoms with Crippen LogP contribution in [0.3, 0.4) is 0 Å². The van der Waals surface area contributed by atoms with Crippen molar-refractivity contribution in [2.24, 2.45) is 0 Å². The molecule has 0 saturated carbocycles. The van der Waals surface area contributed by atoms with Crippen LogP contribution in [0.15, 0.2) is 72.9 Å². The van der Waals surface area contributed by atoms with Crippen LogP contribution in [0.25, 0.3) is 0 Å². The van der Waals surface area contributed by atoms with Crippen molar-refractivity contribution < 1.29 is 39.8 Å². The zero-order valence-electron chi connectivity index (χ0n) is 45.0. The summed E-state index contributed by atoms with van der Waals surface area (Å²) < 4.78 is 11.3. The van der Waals surface area contributed by atoms with Gasteiger partial charge in [-0.05, 0) is 70.6 Å². The molecule has 0 aromatic heterocycles. The topological polar surface area (TPSA) is 149 Å². The molecule has 70 heavy (non-hydrogen) atoms. The van der Waals surface area contributed by atoms with Gasteiger partial charge >= 0.3 is 0 Å². The maximum atomic E-state index is 13.0. The van der Waals surface area contributed by atoms with Gasteiger partial charge in [0.15, 0.2) is 6.29 Å². The van der Waals surface area contributed by atoms with E-state index in [-0.39, 0.29) is 12.5 Å². The summed E-state index contributed by atoms with van der Waals surface area (Å²) in [5.41, 5.74) is 0. The number of rotatable bonds is 49. The summed E-state index contributed by atoms with van der Waals surface area (Å²) >= 11 is 0. The Morgan fingerprint density at radius 1 is 0.500 bits per heavy atom. The maximum absolute atomic E-state index is 13.0. The molecular formula is C61H109NO8. The van der Waals surface area contributed by atoms with Crippen molar-refractivity contribution in [3.8, 4) is 0 Å². The molecule has 1 amide bonds. The number of carbonyl (C=O) groups is 1. The van der Waals surface area contributed by atoms with Crippen molar-refractivity contribution in [3.05, 3.63) is 72.9 Å². The van der Waals surface area contributed by atoms with Crippen molar-refractivity contribution in [2.45, 2.75) is 294 Å². The summed E-state index contributed by atoms with van der Waals surface area (Å²) in [4.78, 5) is 13.0. The molecule has 0 aromatic carbocycles. The van der Waals surface area contributed by atoms with Crippen LogP contribution >= 0.6 is 0 Å². The van der Waals surface area contributed by atoms with Gasteiger partial charge in [-0.25, -0.2) is 0 Å². The molecule has 1 fully saturated rings. The van der Waals surface area contributed by atoms with Crippen LogP contribution in [-0.2, 0) is 14.3 Å². The van der Waals surface area contributed by atoms with E-state index in [0.717, 1.165) is 64.2 Å². The number of unbranched alkanes of at least 4 members (excludes halogenated alkanes) is 29. The molecule has 9 heteroatoms. The lowest BCUT2D eigenvalue weighted by Gasteiger charge is -2.40. The third kappa shape index (κ3) is 39.2. The largest absolute Gasteiger partial charge is 0.394 e. The van der Waals surface area contributed by atoms with Gasteiger partial charge in [0.2, 0.25) is 5.91 Å². The van der Waals surface area contributed by atoms with E-state index in [1.54, 1.807) is 6.08 Å². The highest BCUT2D eigenvalue weighted by Gasteiger charge is 2.44. The molecule has 1 saturated heterocycles. The Kier molecular flexibility index (Phi) is 47.1. The Bertz CT molecular complexity index is 1330. The fraction of sp³-hybridized carbons (Fsp3) is 0.787. The van der Waals surface area contributed by atoms with E-state index in [2.05, 4.69) is 79.9 Å². The number of hydrogen-bond donors (Lipinski definition) is 6. The summed E-state index contributed by atoms with van der Waals surface area (Å²) in [5.74, 6) is -0.186. The van der Waals surface area contributed by atoms with Crippen LogP contribution in [0, 0.1) is 0 Å². The van der Waals surface area contributed by atoms with E-state index in [1.165, 1.54) is 167 Å². The molecule has 0 spiro atoms. The van der Waals surface area contributed by atoms with Crippen molar-refractivity contribution in [2.75, 3.05) is 13.2 Å². The molecule has 6 N–H and O–H groups in total.